The first-order valence-corrected chi connectivity index (χ1v) is 20.1. The largest absolute Gasteiger partial charge is 0.756 e. The third-order valence-electron chi connectivity index (χ3n) is 7.85. The molecule has 0 aliphatic rings. The van der Waals surface area contributed by atoms with E-state index in [1.54, 1.807) is 0 Å². The lowest BCUT2D eigenvalue weighted by molar-refractivity contribution is -0.870. The number of phosphoric ester groups is 1. The van der Waals surface area contributed by atoms with E-state index in [1.807, 2.05) is 21.1 Å². The first-order valence-electron chi connectivity index (χ1n) is 18.2. The van der Waals surface area contributed by atoms with Crippen molar-refractivity contribution in [2.75, 3.05) is 47.5 Å². The Morgan fingerprint density at radius 2 is 1.11 bits per heavy atom. The average molecular weight is 694 g/mol. The van der Waals surface area contributed by atoms with Gasteiger partial charge in [-0.2, -0.15) is 0 Å². The second kappa shape index (κ2) is 29.1. The number of Topliss-reactive ketones (excluding diaryl/α,β-unsaturated/α-hetero) is 1. The van der Waals surface area contributed by atoms with Gasteiger partial charge in [0, 0.05) is 12.8 Å². The molecule has 0 aromatic rings. The van der Waals surface area contributed by atoms with Crippen LogP contribution in [0.5, 0.6) is 0 Å². The number of esters is 1. The standard InChI is InChI=1S/C35H68NO8PS/c1-6-8-10-12-14-15-16-17-18-19-21-22-24-26-33(37)35(46)44-32(31-43-45(39,40)42-29-28-36(3,4)5)30-41-34(38)27-25-23-20-13-11-9-7-2/h32H,6-31H2,1-5H3/t32-/m1/s1. The number of hydrogen-bond acceptors (Lipinski definition) is 9. The number of quaternary nitrogens is 1. The third kappa shape index (κ3) is 30.4. The number of ketones is 1. The topological polar surface area (TPSA) is 111 Å². The fraction of sp³-hybridized carbons (Fsp3) is 0.914. The summed E-state index contributed by atoms with van der Waals surface area (Å²) < 4.78 is 33.8. The third-order valence-corrected chi connectivity index (χ3v) is 9.14. The number of ether oxygens (including phenoxy) is 2. The van der Waals surface area contributed by atoms with Crippen molar-refractivity contribution >= 4 is 36.8 Å². The molecule has 2 atom stereocenters. The van der Waals surface area contributed by atoms with Gasteiger partial charge < -0.3 is 27.9 Å². The maximum Gasteiger partial charge on any atom is 0.305 e. The molecule has 0 spiro atoms. The maximum absolute atomic E-state index is 12.7. The van der Waals surface area contributed by atoms with E-state index in [0.29, 0.717) is 17.4 Å². The Hall–Kier alpha value is -0.900. The van der Waals surface area contributed by atoms with Crippen LogP contribution in [0.25, 0.3) is 0 Å². The molecule has 0 rings (SSSR count). The van der Waals surface area contributed by atoms with Gasteiger partial charge in [-0.1, -0.05) is 129 Å². The molecule has 1 unspecified atom stereocenters. The zero-order valence-corrected chi connectivity index (χ0v) is 31.7. The van der Waals surface area contributed by atoms with Gasteiger partial charge in [0.05, 0.1) is 27.7 Å². The lowest BCUT2D eigenvalue weighted by Crippen LogP contribution is -2.37. The summed E-state index contributed by atoms with van der Waals surface area (Å²) in [6.45, 7) is 4.08. The van der Waals surface area contributed by atoms with Gasteiger partial charge in [0.25, 0.3) is 7.82 Å². The summed E-state index contributed by atoms with van der Waals surface area (Å²) in [5.74, 6) is -0.724. The summed E-state index contributed by atoms with van der Waals surface area (Å²) in [6, 6.07) is 0. The van der Waals surface area contributed by atoms with Crippen molar-refractivity contribution in [2.45, 2.75) is 161 Å². The Bertz CT molecular complexity index is 836. The lowest BCUT2D eigenvalue weighted by atomic mass is 10.0. The van der Waals surface area contributed by atoms with Gasteiger partial charge in [0.15, 0.2) is 6.10 Å². The van der Waals surface area contributed by atoms with Crippen molar-refractivity contribution in [2.24, 2.45) is 0 Å². The van der Waals surface area contributed by atoms with Crippen LogP contribution in [0.3, 0.4) is 0 Å². The highest BCUT2D eigenvalue weighted by Gasteiger charge is 2.23. The van der Waals surface area contributed by atoms with Crippen LogP contribution in [0.4, 0.5) is 0 Å². The number of carbonyl (C=O) groups is 2. The molecule has 46 heavy (non-hydrogen) atoms. The predicted molar refractivity (Wildman–Crippen MR) is 189 cm³/mol. The molecule has 0 aromatic carbocycles. The predicted octanol–water partition coefficient (Wildman–Crippen LogP) is 8.64. The lowest BCUT2D eigenvalue weighted by Gasteiger charge is -2.28. The number of thiocarbonyl (C=S) groups is 1. The van der Waals surface area contributed by atoms with Crippen LogP contribution < -0.4 is 4.89 Å². The second-order valence-corrected chi connectivity index (χ2v) is 15.4. The molecule has 0 radical (unpaired) electrons. The fourth-order valence-corrected chi connectivity index (χ4v) is 5.83. The normalized spacial score (nSPS) is 13.7. The highest BCUT2D eigenvalue weighted by molar-refractivity contribution is 7.81. The molecule has 0 saturated heterocycles. The van der Waals surface area contributed by atoms with Crippen molar-refractivity contribution in [3.05, 3.63) is 0 Å². The summed E-state index contributed by atoms with van der Waals surface area (Å²) in [5.41, 5.74) is 0. The molecule has 0 aliphatic heterocycles. The average Bonchev–Trinajstić information content (AvgIpc) is 2.99. The number of phosphoric acid groups is 1. The molecule has 11 heteroatoms. The summed E-state index contributed by atoms with van der Waals surface area (Å²) >= 11 is 5.23. The Kier molecular flexibility index (Phi) is 28.5. The molecule has 0 bridgehead atoms. The fourth-order valence-electron chi connectivity index (χ4n) is 4.86. The van der Waals surface area contributed by atoms with Crippen LogP contribution in [-0.2, 0) is 32.7 Å². The van der Waals surface area contributed by atoms with Crippen molar-refractivity contribution < 1.29 is 42.1 Å². The van der Waals surface area contributed by atoms with Crippen LogP contribution in [0.15, 0.2) is 0 Å². The van der Waals surface area contributed by atoms with E-state index >= 15 is 0 Å². The van der Waals surface area contributed by atoms with Gasteiger partial charge in [-0.15, -0.1) is 0 Å². The summed E-state index contributed by atoms with van der Waals surface area (Å²) in [4.78, 5) is 37.3. The SMILES string of the molecule is CCCCCCCCCCCCCCCC(=O)C(=S)O[C@H](COC(=O)CCCCCCCCC)COP(=O)([O-])OCC[N+](C)(C)C. The number of nitrogens with zero attached hydrogens (tertiary/aromatic N) is 1. The Morgan fingerprint density at radius 1 is 0.674 bits per heavy atom. The van der Waals surface area contributed by atoms with E-state index < -0.39 is 26.5 Å². The summed E-state index contributed by atoms with van der Waals surface area (Å²) in [6.07, 6.45) is 22.7. The number of hydrogen-bond donors (Lipinski definition) is 0. The van der Waals surface area contributed by atoms with Crippen molar-refractivity contribution in [1.29, 1.82) is 0 Å². The minimum atomic E-state index is -4.63. The molecule has 272 valence electrons. The molecule has 0 fully saturated rings. The van der Waals surface area contributed by atoms with Crippen LogP contribution in [0.2, 0.25) is 0 Å². The Balaban J connectivity index is 4.55. The number of unbranched alkanes of at least 4 members (excludes halogenated alkanes) is 18. The maximum atomic E-state index is 12.7. The number of rotatable bonds is 33. The molecule has 0 aliphatic carbocycles. The minimum Gasteiger partial charge on any atom is -0.756 e. The number of carbonyl (C=O) groups excluding carboxylic acids is 2. The summed E-state index contributed by atoms with van der Waals surface area (Å²) in [5, 5.41) is -0.248. The zero-order valence-electron chi connectivity index (χ0n) is 30.0. The van der Waals surface area contributed by atoms with Crippen molar-refractivity contribution in [3.8, 4) is 0 Å². The molecule has 0 heterocycles. The van der Waals surface area contributed by atoms with Gasteiger partial charge >= 0.3 is 5.97 Å². The van der Waals surface area contributed by atoms with Gasteiger partial charge in [0.1, 0.15) is 19.8 Å². The van der Waals surface area contributed by atoms with Crippen LogP contribution in [0.1, 0.15) is 155 Å². The summed E-state index contributed by atoms with van der Waals surface area (Å²) in [7, 11) is 1.12. The molecule has 0 amide bonds. The van der Waals surface area contributed by atoms with E-state index in [-0.39, 0.29) is 36.9 Å². The molecular weight excluding hydrogens is 625 g/mol. The van der Waals surface area contributed by atoms with Gasteiger partial charge in [-0.25, -0.2) is 0 Å². The number of likely N-dealkylation sites (N-methyl/N-ethyl adjacent to an activating group) is 1. The van der Waals surface area contributed by atoms with E-state index in [2.05, 4.69) is 13.8 Å². The van der Waals surface area contributed by atoms with Gasteiger partial charge in [0.2, 0.25) is 10.8 Å². The van der Waals surface area contributed by atoms with Gasteiger partial charge in [-0.3, -0.25) is 14.2 Å². The van der Waals surface area contributed by atoms with Crippen LogP contribution in [0, 0.1) is 0 Å². The molecular formula is C35H68NO8PS. The molecule has 0 saturated carbocycles. The monoisotopic (exact) mass is 693 g/mol. The second-order valence-electron chi connectivity index (χ2n) is 13.6. The smallest absolute Gasteiger partial charge is 0.305 e. The molecule has 0 N–H and O–H groups in total. The van der Waals surface area contributed by atoms with E-state index in [4.69, 9.17) is 30.7 Å². The zero-order chi connectivity index (χ0) is 34.5. The van der Waals surface area contributed by atoms with E-state index in [0.717, 1.165) is 38.5 Å². The minimum absolute atomic E-state index is 0.0424. The highest BCUT2D eigenvalue weighted by Crippen LogP contribution is 2.38. The van der Waals surface area contributed by atoms with Crippen molar-refractivity contribution in [3.63, 3.8) is 0 Å². The van der Waals surface area contributed by atoms with Gasteiger partial charge in [-0.05, 0) is 25.1 Å². The Labute approximate surface area is 287 Å². The first-order chi connectivity index (χ1) is 21.9. The van der Waals surface area contributed by atoms with E-state index in [1.165, 1.54) is 83.5 Å². The van der Waals surface area contributed by atoms with Crippen LogP contribution in [-0.4, -0.2) is 74.9 Å². The molecule has 0 aromatic heterocycles. The van der Waals surface area contributed by atoms with Crippen molar-refractivity contribution in [1.82, 2.24) is 0 Å². The van der Waals surface area contributed by atoms with Crippen LogP contribution >= 0.6 is 20.0 Å². The van der Waals surface area contributed by atoms with E-state index in [9.17, 15) is 19.0 Å². The highest BCUT2D eigenvalue weighted by atomic mass is 32.1. The quantitative estimate of drug-likeness (QED) is 0.0219. The Morgan fingerprint density at radius 3 is 1.57 bits per heavy atom. The first kappa shape index (κ1) is 45.1. The molecule has 9 nitrogen and oxygen atoms in total.